The molecule has 0 bridgehead atoms. The fourth-order valence-corrected chi connectivity index (χ4v) is 1.44. The predicted octanol–water partition coefficient (Wildman–Crippen LogP) is 0.245. The Kier molecular flexibility index (Phi) is 3.05. The molecule has 1 aliphatic rings. The zero-order valence-electron chi connectivity index (χ0n) is 6.73. The molecular formula is C8H15NO2. The summed E-state index contributed by atoms with van der Waals surface area (Å²) in [6.45, 7) is 0. The van der Waals surface area contributed by atoms with Gasteiger partial charge in [-0.05, 0) is 12.8 Å². The molecule has 3 atom stereocenters. The van der Waals surface area contributed by atoms with Gasteiger partial charge in [0.1, 0.15) is 6.23 Å². The summed E-state index contributed by atoms with van der Waals surface area (Å²) in [4.78, 5) is 0. The minimum atomic E-state index is -0.795. The summed E-state index contributed by atoms with van der Waals surface area (Å²) in [6.07, 6.45) is 5.23. The van der Waals surface area contributed by atoms with Gasteiger partial charge in [0, 0.05) is 13.0 Å². The van der Waals surface area contributed by atoms with Crippen molar-refractivity contribution in [3.8, 4) is 0 Å². The smallest absolute Gasteiger partial charge is 0.111 e. The average molecular weight is 157 g/mol. The van der Waals surface area contributed by atoms with E-state index in [9.17, 15) is 0 Å². The van der Waals surface area contributed by atoms with Crippen molar-refractivity contribution in [1.29, 1.82) is 0 Å². The van der Waals surface area contributed by atoms with Gasteiger partial charge in [-0.1, -0.05) is 12.2 Å². The van der Waals surface area contributed by atoms with E-state index >= 15 is 0 Å². The quantitative estimate of drug-likeness (QED) is 0.446. The number of ether oxygens (including phenoxy) is 1. The fraction of sp³-hybridized carbons (Fsp3) is 0.750. The van der Waals surface area contributed by atoms with Crippen molar-refractivity contribution < 1.29 is 9.84 Å². The third kappa shape index (κ3) is 2.02. The summed E-state index contributed by atoms with van der Waals surface area (Å²) in [5.74, 6) is -0.0336. The van der Waals surface area contributed by atoms with E-state index in [0.717, 1.165) is 12.8 Å². The maximum Gasteiger partial charge on any atom is 0.111 e. The molecule has 0 aromatic carbocycles. The zero-order valence-corrected chi connectivity index (χ0v) is 6.73. The molecular weight excluding hydrogens is 142 g/mol. The van der Waals surface area contributed by atoms with Gasteiger partial charge in [-0.25, -0.2) is 0 Å². The molecule has 1 rings (SSSR count). The normalized spacial score (nSPS) is 33.7. The largest absolute Gasteiger partial charge is 0.381 e. The molecule has 0 spiro atoms. The van der Waals surface area contributed by atoms with Crippen molar-refractivity contribution in [3.05, 3.63) is 12.2 Å². The number of methoxy groups -OCH3 is 1. The Balaban J connectivity index is 2.57. The molecule has 0 heterocycles. The molecule has 0 radical (unpaired) electrons. The number of allylic oxidation sites excluding steroid dienone is 1. The zero-order chi connectivity index (χ0) is 8.27. The van der Waals surface area contributed by atoms with Crippen LogP contribution in [0.3, 0.4) is 0 Å². The Morgan fingerprint density at radius 3 is 2.91 bits per heavy atom. The second-order valence-electron chi connectivity index (χ2n) is 2.85. The highest BCUT2D eigenvalue weighted by Crippen LogP contribution is 2.21. The molecule has 3 nitrogen and oxygen atoms in total. The fourth-order valence-electron chi connectivity index (χ4n) is 1.44. The Hall–Kier alpha value is -0.380. The van der Waals surface area contributed by atoms with E-state index in [4.69, 9.17) is 15.6 Å². The minimum Gasteiger partial charge on any atom is -0.381 e. The molecule has 0 aliphatic heterocycles. The lowest BCUT2D eigenvalue weighted by atomic mass is 9.91. The van der Waals surface area contributed by atoms with E-state index in [1.165, 1.54) is 0 Å². The van der Waals surface area contributed by atoms with Gasteiger partial charge in [-0.3, -0.25) is 0 Å². The molecule has 3 unspecified atom stereocenters. The van der Waals surface area contributed by atoms with E-state index in [1.54, 1.807) is 7.11 Å². The number of nitrogens with two attached hydrogens (primary N) is 1. The molecule has 3 heteroatoms. The van der Waals surface area contributed by atoms with Gasteiger partial charge in [0.05, 0.1) is 6.10 Å². The van der Waals surface area contributed by atoms with E-state index in [-0.39, 0.29) is 12.0 Å². The lowest BCUT2D eigenvalue weighted by molar-refractivity contribution is 0.00203. The second kappa shape index (κ2) is 3.85. The van der Waals surface area contributed by atoms with Crippen LogP contribution >= 0.6 is 0 Å². The van der Waals surface area contributed by atoms with Gasteiger partial charge in [0.25, 0.3) is 0 Å². The number of hydrogen-bond acceptors (Lipinski definition) is 3. The summed E-state index contributed by atoms with van der Waals surface area (Å²) in [7, 11) is 1.65. The first-order valence-electron chi connectivity index (χ1n) is 3.89. The molecule has 0 saturated carbocycles. The van der Waals surface area contributed by atoms with Gasteiger partial charge in [0.15, 0.2) is 0 Å². The number of rotatable bonds is 2. The molecule has 0 saturated heterocycles. The van der Waals surface area contributed by atoms with Crippen LogP contribution in [0.1, 0.15) is 12.8 Å². The van der Waals surface area contributed by atoms with Crippen molar-refractivity contribution in [2.24, 2.45) is 11.7 Å². The van der Waals surface area contributed by atoms with Crippen molar-refractivity contribution >= 4 is 0 Å². The number of aliphatic hydroxyl groups excluding tert-OH is 1. The van der Waals surface area contributed by atoms with Crippen LogP contribution < -0.4 is 5.73 Å². The van der Waals surface area contributed by atoms with Crippen LogP contribution in [-0.4, -0.2) is 24.5 Å². The monoisotopic (exact) mass is 157 g/mol. The lowest BCUT2D eigenvalue weighted by Crippen LogP contribution is -2.38. The first-order valence-corrected chi connectivity index (χ1v) is 3.89. The standard InChI is InChI=1S/C8H15NO2/c1-11-7-5-3-2-4-6(7)8(9)10/h2,4,6-8,10H,3,5,9H2,1H3. The van der Waals surface area contributed by atoms with Gasteiger partial charge in [0.2, 0.25) is 0 Å². The number of aliphatic hydroxyl groups is 1. The molecule has 0 aromatic heterocycles. The van der Waals surface area contributed by atoms with Gasteiger partial charge in [-0.2, -0.15) is 0 Å². The van der Waals surface area contributed by atoms with Gasteiger partial charge >= 0.3 is 0 Å². The van der Waals surface area contributed by atoms with Crippen molar-refractivity contribution in [2.75, 3.05) is 7.11 Å². The minimum absolute atomic E-state index is 0.0336. The Morgan fingerprint density at radius 2 is 2.45 bits per heavy atom. The molecule has 64 valence electrons. The molecule has 3 N–H and O–H groups in total. The second-order valence-corrected chi connectivity index (χ2v) is 2.85. The van der Waals surface area contributed by atoms with Gasteiger partial charge < -0.3 is 15.6 Å². The highest BCUT2D eigenvalue weighted by Gasteiger charge is 2.25. The molecule has 1 aliphatic carbocycles. The van der Waals surface area contributed by atoms with E-state index in [1.807, 2.05) is 12.2 Å². The van der Waals surface area contributed by atoms with Crippen LogP contribution in [0.15, 0.2) is 12.2 Å². The molecule has 0 amide bonds. The highest BCUT2D eigenvalue weighted by atomic mass is 16.5. The van der Waals surface area contributed by atoms with Crippen LogP contribution in [-0.2, 0) is 4.74 Å². The van der Waals surface area contributed by atoms with Crippen molar-refractivity contribution in [3.63, 3.8) is 0 Å². The van der Waals surface area contributed by atoms with Crippen LogP contribution in [0.2, 0.25) is 0 Å². The summed E-state index contributed by atoms with van der Waals surface area (Å²) < 4.78 is 5.17. The molecule has 0 fully saturated rings. The van der Waals surface area contributed by atoms with Crippen molar-refractivity contribution in [2.45, 2.75) is 25.2 Å². The Bertz CT molecular complexity index is 145. The maximum absolute atomic E-state index is 9.13. The van der Waals surface area contributed by atoms with Gasteiger partial charge in [-0.15, -0.1) is 0 Å². The SMILES string of the molecule is COC1CCC=CC1C(N)O. The third-order valence-electron chi connectivity index (χ3n) is 2.10. The first kappa shape index (κ1) is 8.71. The van der Waals surface area contributed by atoms with E-state index < -0.39 is 6.23 Å². The van der Waals surface area contributed by atoms with E-state index in [2.05, 4.69) is 0 Å². The van der Waals surface area contributed by atoms with E-state index in [0.29, 0.717) is 0 Å². The Morgan fingerprint density at radius 1 is 1.73 bits per heavy atom. The predicted molar refractivity (Wildman–Crippen MR) is 42.9 cm³/mol. The topological polar surface area (TPSA) is 55.5 Å². The van der Waals surface area contributed by atoms with Crippen LogP contribution in [0.5, 0.6) is 0 Å². The lowest BCUT2D eigenvalue weighted by Gasteiger charge is -2.27. The maximum atomic E-state index is 9.13. The summed E-state index contributed by atoms with van der Waals surface area (Å²) in [6, 6.07) is 0. The first-order chi connectivity index (χ1) is 5.25. The summed E-state index contributed by atoms with van der Waals surface area (Å²) in [5.41, 5.74) is 5.36. The summed E-state index contributed by atoms with van der Waals surface area (Å²) in [5, 5.41) is 9.13. The summed E-state index contributed by atoms with van der Waals surface area (Å²) >= 11 is 0. The molecule has 0 aromatic rings. The average Bonchev–Trinajstić information content (AvgIpc) is 2.04. The van der Waals surface area contributed by atoms with Crippen LogP contribution in [0.25, 0.3) is 0 Å². The van der Waals surface area contributed by atoms with Crippen molar-refractivity contribution in [1.82, 2.24) is 0 Å². The number of hydrogen-bond donors (Lipinski definition) is 2. The third-order valence-corrected chi connectivity index (χ3v) is 2.10. The highest BCUT2D eigenvalue weighted by molar-refractivity contribution is 4.99. The van der Waals surface area contributed by atoms with Crippen LogP contribution in [0.4, 0.5) is 0 Å². The Labute approximate surface area is 66.8 Å². The van der Waals surface area contributed by atoms with Crippen LogP contribution in [0, 0.1) is 5.92 Å². The molecule has 11 heavy (non-hydrogen) atoms.